The Hall–Kier alpha value is -1.07. The molecule has 2 rings (SSSR count). The highest BCUT2D eigenvalue weighted by atomic mass is 79.9. The van der Waals surface area contributed by atoms with Gasteiger partial charge >= 0.3 is 0 Å². The van der Waals surface area contributed by atoms with E-state index in [1.807, 2.05) is 35.0 Å². The zero-order chi connectivity index (χ0) is 14.5. The van der Waals surface area contributed by atoms with Crippen LogP contribution in [0.2, 0.25) is 0 Å². The minimum atomic E-state index is 0.226. The van der Waals surface area contributed by atoms with Gasteiger partial charge < -0.3 is 9.64 Å². The summed E-state index contributed by atoms with van der Waals surface area (Å²) in [5, 5.41) is 0. The Morgan fingerprint density at radius 2 is 2.10 bits per heavy atom. The molecule has 0 saturated carbocycles. The number of halogens is 1. The van der Waals surface area contributed by atoms with Crippen molar-refractivity contribution in [1.82, 2.24) is 9.80 Å². The summed E-state index contributed by atoms with van der Waals surface area (Å²) in [4.78, 5) is 16.1. The van der Waals surface area contributed by atoms with Crippen molar-refractivity contribution in [2.75, 3.05) is 33.8 Å². The van der Waals surface area contributed by atoms with Crippen molar-refractivity contribution in [1.29, 1.82) is 0 Å². The predicted molar refractivity (Wildman–Crippen MR) is 82.8 cm³/mol. The second-order valence-electron chi connectivity index (χ2n) is 5.22. The summed E-state index contributed by atoms with van der Waals surface area (Å²) in [6.45, 7) is 3.01. The Morgan fingerprint density at radius 3 is 2.75 bits per heavy atom. The van der Waals surface area contributed by atoms with E-state index >= 15 is 0 Å². The average molecular weight is 341 g/mol. The van der Waals surface area contributed by atoms with Crippen LogP contribution in [0.25, 0.3) is 0 Å². The normalized spacial score (nSPS) is 14.9. The standard InChI is InChI=1S/C15H21BrN2O2/c1-17(11-15(19)18-7-3-4-8-18)10-12-9-13(20-2)5-6-14(12)16/h5-6,9H,3-4,7-8,10-11H2,1-2H3. The van der Waals surface area contributed by atoms with E-state index in [1.165, 1.54) is 0 Å². The highest BCUT2D eigenvalue weighted by Crippen LogP contribution is 2.23. The van der Waals surface area contributed by atoms with Gasteiger partial charge in [-0.1, -0.05) is 15.9 Å². The van der Waals surface area contributed by atoms with Crippen molar-refractivity contribution in [3.63, 3.8) is 0 Å². The fraction of sp³-hybridized carbons (Fsp3) is 0.533. The Balaban J connectivity index is 1.93. The molecule has 1 aliphatic heterocycles. The highest BCUT2D eigenvalue weighted by Gasteiger charge is 2.19. The molecule has 1 aromatic rings. The Labute approximate surface area is 128 Å². The Morgan fingerprint density at radius 1 is 1.40 bits per heavy atom. The molecule has 0 unspecified atom stereocenters. The van der Waals surface area contributed by atoms with Crippen LogP contribution in [0.15, 0.2) is 22.7 Å². The maximum atomic E-state index is 12.1. The van der Waals surface area contributed by atoms with Crippen LogP contribution in [-0.2, 0) is 11.3 Å². The van der Waals surface area contributed by atoms with Gasteiger partial charge in [-0.25, -0.2) is 0 Å². The molecule has 1 amide bonds. The molecule has 0 aliphatic carbocycles. The summed E-state index contributed by atoms with van der Waals surface area (Å²) in [5.74, 6) is 1.06. The van der Waals surface area contributed by atoms with Crippen LogP contribution in [0, 0.1) is 0 Å². The summed E-state index contributed by atoms with van der Waals surface area (Å²) < 4.78 is 6.28. The first-order chi connectivity index (χ1) is 9.60. The van der Waals surface area contributed by atoms with Crippen LogP contribution in [0.3, 0.4) is 0 Å². The fourth-order valence-electron chi connectivity index (χ4n) is 2.44. The smallest absolute Gasteiger partial charge is 0.236 e. The predicted octanol–water partition coefficient (Wildman–Crippen LogP) is 2.51. The maximum absolute atomic E-state index is 12.1. The summed E-state index contributed by atoms with van der Waals surface area (Å²) in [6.07, 6.45) is 2.27. The molecule has 1 aromatic carbocycles. The van der Waals surface area contributed by atoms with Crippen LogP contribution in [-0.4, -0.2) is 49.5 Å². The van der Waals surface area contributed by atoms with Gasteiger partial charge in [-0.05, 0) is 43.7 Å². The third kappa shape index (κ3) is 3.96. The van der Waals surface area contributed by atoms with Gasteiger partial charge in [0, 0.05) is 24.1 Å². The number of benzene rings is 1. The van der Waals surface area contributed by atoms with Crippen molar-refractivity contribution in [2.45, 2.75) is 19.4 Å². The first-order valence-corrected chi connectivity index (χ1v) is 7.68. The highest BCUT2D eigenvalue weighted by molar-refractivity contribution is 9.10. The molecule has 4 nitrogen and oxygen atoms in total. The molecule has 0 radical (unpaired) electrons. The van der Waals surface area contributed by atoms with Crippen molar-refractivity contribution in [2.24, 2.45) is 0 Å². The summed E-state index contributed by atoms with van der Waals surface area (Å²) in [7, 11) is 3.63. The van der Waals surface area contributed by atoms with E-state index in [1.54, 1.807) is 7.11 Å². The van der Waals surface area contributed by atoms with Gasteiger partial charge in [-0.15, -0.1) is 0 Å². The lowest BCUT2D eigenvalue weighted by Crippen LogP contribution is -2.37. The number of likely N-dealkylation sites (N-methyl/N-ethyl adjacent to an activating group) is 1. The number of likely N-dealkylation sites (tertiary alicyclic amines) is 1. The number of carbonyl (C=O) groups excluding carboxylic acids is 1. The summed E-state index contributed by atoms with van der Waals surface area (Å²) >= 11 is 3.54. The number of nitrogens with zero attached hydrogens (tertiary/aromatic N) is 2. The molecule has 0 atom stereocenters. The number of amides is 1. The molecule has 5 heteroatoms. The van der Waals surface area contributed by atoms with Crippen LogP contribution in [0.1, 0.15) is 18.4 Å². The molecule has 20 heavy (non-hydrogen) atoms. The van der Waals surface area contributed by atoms with E-state index in [4.69, 9.17) is 4.74 Å². The van der Waals surface area contributed by atoms with Gasteiger partial charge in [-0.2, -0.15) is 0 Å². The van der Waals surface area contributed by atoms with Gasteiger partial charge in [0.2, 0.25) is 5.91 Å². The molecule has 1 heterocycles. The fourth-order valence-corrected chi connectivity index (χ4v) is 2.82. The second kappa shape index (κ2) is 7.09. The Kier molecular flexibility index (Phi) is 5.43. The van der Waals surface area contributed by atoms with Gasteiger partial charge in [0.15, 0.2) is 0 Å². The number of hydrogen-bond donors (Lipinski definition) is 0. The van der Waals surface area contributed by atoms with Gasteiger partial charge in [0.25, 0.3) is 0 Å². The lowest BCUT2D eigenvalue weighted by molar-refractivity contribution is -0.131. The molecule has 110 valence electrons. The number of ether oxygens (including phenoxy) is 1. The molecule has 0 bridgehead atoms. The van der Waals surface area contributed by atoms with Crippen LogP contribution < -0.4 is 4.74 Å². The third-order valence-electron chi connectivity index (χ3n) is 3.56. The maximum Gasteiger partial charge on any atom is 0.236 e. The zero-order valence-electron chi connectivity index (χ0n) is 12.1. The van der Waals surface area contributed by atoms with Crippen molar-refractivity contribution in [3.05, 3.63) is 28.2 Å². The number of rotatable bonds is 5. The van der Waals surface area contributed by atoms with E-state index in [-0.39, 0.29) is 5.91 Å². The van der Waals surface area contributed by atoms with E-state index < -0.39 is 0 Å². The summed E-state index contributed by atoms with van der Waals surface area (Å²) in [6, 6.07) is 5.90. The van der Waals surface area contributed by atoms with E-state index in [0.717, 1.165) is 48.3 Å². The van der Waals surface area contributed by atoms with Crippen molar-refractivity contribution >= 4 is 21.8 Å². The van der Waals surface area contributed by atoms with Gasteiger partial charge in [0.05, 0.1) is 13.7 Å². The Bertz CT molecular complexity index is 473. The molecule has 0 spiro atoms. The van der Waals surface area contributed by atoms with Crippen LogP contribution in [0.5, 0.6) is 5.75 Å². The van der Waals surface area contributed by atoms with E-state index in [9.17, 15) is 4.79 Å². The van der Waals surface area contributed by atoms with Crippen LogP contribution in [0.4, 0.5) is 0 Å². The minimum absolute atomic E-state index is 0.226. The molecule has 1 fully saturated rings. The second-order valence-corrected chi connectivity index (χ2v) is 6.07. The molecule has 1 saturated heterocycles. The molecule has 1 aliphatic rings. The SMILES string of the molecule is COc1ccc(Br)c(CN(C)CC(=O)N2CCCC2)c1. The first-order valence-electron chi connectivity index (χ1n) is 6.89. The van der Waals surface area contributed by atoms with Crippen LogP contribution >= 0.6 is 15.9 Å². The molecule has 0 aromatic heterocycles. The lowest BCUT2D eigenvalue weighted by Gasteiger charge is -2.21. The van der Waals surface area contributed by atoms with Gasteiger partial charge in [0.1, 0.15) is 5.75 Å². The van der Waals surface area contributed by atoms with Gasteiger partial charge in [-0.3, -0.25) is 9.69 Å². The van der Waals surface area contributed by atoms with E-state index in [2.05, 4.69) is 15.9 Å². The number of hydrogen-bond acceptors (Lipinski definition) is 3. The largest absolute Gasteiger partial charge is 0.497 e. The van der Waals surface area contributed by atoms with E-state index in [0.29, 0.717) is 6.54 Å². The zero-order valence-corrected chi connectivity index (χ0v) is 13.6. The lowest BCUT2D eigenvalue weighted by atomic mass is 10.2. The number of methoxy groups -OCH3 is 1. The average Bonchev–Trinajstić information content (AvgIpc) is 2.95. The third-order valence-corrected chi connectivity index (χ3v) is 4.33. The molecule has 0 N–H and O–H groups in total. The van der Waals surface area contributed by atoms with Crippen molar-refractivity contribution < 1.29 is 9.53 Å². The topological polar surface area (TPSA) is 32.8 Å². The minimum Gasteiger partial charge on any atom is -0.497 e. The van der Waals surface area contributed by atoms with Crippen molar-refractivity contribution in [3.8, 4) is 5.75 Å². The molecular formula is C15H21BrN2O2. The number of carbonyl (C=O) groups is 1. The first kappa shape index (κ1) is 15.3. The summed E-state index contributed by atoms with van der Waals surface area (Å²) in [5.41, 5.74) is 1.13. The monoisotopic (exact) mass is 340 g/mol. The molecular weight excluding hydrogens is 320 g/mol. The quantitative estimate of drug-likeness (QED) is 0.825.